The topological polar surface area (TPSA) is 20.2 Å². The molecule has 1 atom stereocenters. The molecule has 1 aromatic carbocycles. The summed E-state index contributed by atoms with van der Waals surface area (Å²) < 4.78 is 1.13. The summed E-state index contributed by atoms with van der Waals surface area (Å²) in [5.41, 5.74) is 1.34. The lowest BCUT2D eigenvalue weighted by Gasteiger charge is -2.07. The number of halogens is 1. The molecule has 0 saturated heterocycles. The average molecular weight is 257 g/mol. The average Bonchev–Trinajstić information content (AvgIpc) is 2.17. The summed E-state index contributed by atoms with van der Waals surface area (Å²) in [6.07, 6.45) is 3.76. The molecule has 0 fully saturated rings. The molecule has 0 aliphatic heterocycles. The zero-order valence-electron chi connectivity index (χ0n) is 8.54. The number of aliphatic hydroxyl groups is 1. The van der Waals surface area contributed by atoms with Crippen LogP contribution in [-0.2, 0) is 6.42 Å². The molecular weight excluding hydrogens is 240 g/mol. The van der Waals surface area contributed by atoms with Crippen molar-refractivity contribution in [3.05, 3.63) is 34.3 Å². The minimum absolute atomic E-state index is 0.123. The molecular formula is C12H17BrO. The van der Waals surface area contributed by atoms with E-state index in [1.165, 1.54) is 5.56 Å². The van der Waals surface area contributed by atoms with Crippen molar-refractivity contribution in [2.24, 2.45) is 0 Å². The SMILES string of the molecule is CCC(O)CCCc1cccc(Br)c1. The summed E-state index contributed by atoms with van der Waals surface area (Å²) >= 11 is 3.45. The van der Waals surface area contributed by atoms with Crippen LogP contribution in [0.2, 0.25) is 0 Å². The summed E-state index contributed by atoms with van der Waals surface area (Å²) in [7, 11) is 0. The Labute approximate surface area is 94.3 Å². The van der Waals surface area contributed by atoms with Crippen molar-refractivity contribution in [3.63, 3.8) is 0 Å². The lowest BCUT2D eigenvalue weighted by Crippen LogP contribution is -2.04. The number of aliphatic hydroxyl groups excluding tert-OH is 1. The fraction of sp³-hybridized carbons (Fsp3) is 0.500. The van der Waals surface area contributed by atoms with Gasteiger partial charge in [-0.25, -0.2) is 0 Å². The zero-order chi connectivity index (χ0) is 10.4. The molecule has 1 nitrogen and oxygen atoms in total. The van der Waals surface area contributed by atoms with Crippen LogP contribution < -0.4 is 0 Å². The molecule has 1 N–H and O–H groups in total. The molecule has 0 aliphatic carbocycles. The first-order valence-electron chi connectivity index (χ1n) is 5.15. The van der Waals surface area contributed by atoms with E-state index in [9.17, 15) is 5.11 Å². The summed E-state index contributed by atoms with van der Waals surface area (Å²) in [6.45, 7) is 2.02. The van der Waals surface area contributed by atoms with Crippen molar-refractivity contribution >= 4 is 15.9 Å². The number of benzene rings is 1. The summed E-state index contributed by atoms with van der Waals surface area (Å²) in [5.74, 6) is 0. The fourth-order valence-corrected chi connectivity index (χ4v) is 1.89. The number of hydrogen-bond donors (Lipinski definition) is 1. The second-order valence-corrected chi connectivity index (χ2v) is 4.50. The number of aryl methyl sites for hydroxylation is 1. The van der Waals surface area contributed by atoms with Crippen molar-refractivity contribution in [3.8, 4) is 0 Å². The Bertz CT molecular complexity index is 273. The van der Waals surface area contributed by atoms with Gasteiger partial charge in [0.05, 0.1) is 6.10 Å². The van der Waals surface area contributed by atoms with Crippen molar-refractivity contribution in [2.45, 2.75) is 38.7 Å². The molecule has 1 unspecified atom stereocenters. The Morgan fingerprint density at radius 2 is 2.21 bits per heavy atom. The third-order valence-corrected chi connectivity index (χ3v) is 2.86. The first kappa shape index (κ1) is 11.7. The highest BCUT2D eigenvalue weighted by Gasteiger charge is 2.00. The van der Waals surface area contributed by atoms with E-state index >= 15 is 0 Å². The predicted molar refractivity (Wildman–Crippen MR) is 63.4 cm³/mol. The summed E-state index contributed by atoms with van der Waals surface area (Å²) in [4.78, 5) is 0. The van der Waals surface area contributed by atoms with Gasteiger partial charge in [0.2, 0.25) is 0 Å². The van der Waals surface area contributed by atoms with Gasteiger partial charge in [0.1, 0.15) is 0 Å². The fourth-order valence-electron chi connectivity index (χ4n) is 1.44. The van der Waals surface area contributed by atoms with E-state index < -0.39 is 0 Å². The zero-order valence-corrected chi connectivity index (χ0v) is 10.1. The van der Waals surface area contributed by atoms with Crippen LogP contribution in [0.15, 0.2) is 28.7 Å². The summed E-state index contributed by atoms with van der Waals surface area (Å²) in [5, 5.41) is 9.38. The normalized spacial score (nSPS) is 12.8. The predicted octanol–water partition coefficient (Wildman–Crippen LogP) is 3.54. The Morgan fingerprint density at radius 1 is 1.43 bits per heavy atom. The molecule has 14 heavy (non-hydrogen) atoms. The molecule has 0 heterocycles. The van der Waals surface area contributed by atoms with Crippen LogP contribution in [0.3, 0.4) is 0 Å². The summed E-state index contributed by atoms with van der Waals surface area (Å²) in [6, 6.07) is 8.35. The Morgan fingerprint density at radius 3 is 2.86 bits per heavy atom. The molecule has 1 rings (SSSR count). The van der Waals surface area contributed by atoms with Crippen LogP contribution in [-0.4, -0.2) is 11.2 Å². The number of rotatable bonds is 5. The van der Waals surface area contributed by atoms with E-state index in [0.717, 1.165) is 30.2 Å². The van der Waals surface area contributed by atoms with Gasteiger partial charge in [-0.2, -0.15) is 0 Å². The highest BCUT2D eigenvalue weighted by molar-refractivity contribution is 9.10. The second-order valence-electron chi connectivity index (χ2n) is 3.58. The maximum atomic E-state index is 9.38. The van der Waals surface area contributed by atoms with E-state index in [1.54, 1.807) is 0 Å². The van der Waals surface area contributed by atoms with E-state index in [2.05, 4.69) is 34.1 Å². The van der Waals surface area contributed by atoms with Crippen LogP contribution in [0.25, 0.3) is 0 Å². The van der Waals surface area contributed by atoms with Gasteiger partial charge in [-0.1, -0.05) is 35.0 Å². The molecule has 0 spiro atoms. The van der Waals surface area contributed by atoms with Gasteiger partial charge in [0.25, 0.3) is 0 Å². The van der Waals surface area contributed by atoms with Crippen molar-refractivity contribution < 1.29 is 5.11 Å². The Balaban J connectivity index is 2.31. The Hall–Kier alpha value is -0.340. The van der Waals surface area contributed by atoms with Crippen molar-refractivity contribution in [2.75, 3.05) is 0 Å². The molecule has 0 bridgehead atoms. The van der Waals surface area contributed by atoms with Gasteiger partial charge in [-0.3, -0.25) is 0 Å². The molecule has 0 aliphatic rings. The molecule has 78 valence electrons. The number of hydrogen-bond acceptors (Lipinski definition) is 1. The van der Waals surface area contributed by atoms with E-state index in [0.29, 0.717) is 0 Å². The lowest BCUT2D eigenvalue weighted by atomic mass is 10.1. The largest absolute Gasteiger partial charge is 0.393 e. The first-order chi connectivity index (χ1) is 6.72. The van der Waals surface area contributed by atoms with E-state index in [4.69, 9.17) is 0 Å². The van der Waals surface area contributed by atoms with Crippen molar-refractivity contribution in [1.82, 2.24) is 0 Å². The van der Waals surface area contributed by atoms with Crippen LogP contribution in [0, 0.1) is 0 Å². The highest BCUT2D eigenvalue weighted by Crippen LogP contribution is 2.14. The minimum atomic E-state index is -0.123. The molecule has 0 aromatic heterocycles. The van der Waals surface area contributed by atoms with E-state index in [1.807, 2.05) is 13.0 Å². The van der Waals surface area contributed by atoms with Crippen LogP contribution in [0.4, 0.5) is 0 Å². The van der Waals surface area contributed by atoms with Gasteiger partial charge in [-0.05, 0) is 43.4 Å². The monoisotopic (exact) mass is 256 g/mol. The molecule has 0 radical (unpaired) electrons. The van der Waals surface area contributed by atoms with E-state index in [-0.39, 0.29) is 6.10 Å². The maximum absolute atomic E-state index is 9.38. The van der Waals surface area contributed by atoms with Crippen LogP contribution in [0.5, 0.6) is 0 Å². The first-order valence-corrected chi connectivity index (χ1v) is 5.94. The standard InChI is InChI=1S/C12H17BrO/c1-2-12(14)8-4-6-10-5-3-7-11(13)9-10/h3,5,7,9,12,14H,2,4,6,8H2,1H3. The highest BCUT2D eigenvalue weighted by atomic mass is 79.9. The minimum Gasteiger partial charge on any atom is -0.393 e. The maximum Gasteiger partial charge on any atom is 0.0537 e. The van der Waals surface area contributed by atoms with Gasteiger partial charge >= 0.3 is 0 Å². The van der Waals surface area contributed by atoms with Gasteiger partial charge in [0.15, 0.2) is 0 Å². The quantitative estimate of drug-likeness (QED) is 0.855. The second kappa shape index (κ2) is 6.20. The van der Waals surface area contributed by atoms with Crippen LogP contribution in [0.1, 0.15) is 31.7 Å². The van der Waals surface area contributed by atoms with Crippen molar-refractivity contribution in [1.29, 1.82) is 0 Å². The lowest BCUT2D eigenvalue weighted by molar-refractivity contribution is 0.158. The molecule has 0 amide bonds. The molecule has 0 saturated carbocycles. The van der Waals surface area contributed by atoms with Gasteiger partial charge < -0.3 is 5.11 Å². The van der Waals surface area contributed by atoms with Gasteiger partial charge in [-0.15, -0.1) is 0 Å². The molecule has 2 heteroatoms. The third-order valence-electron chi connectivity index (χ3n) is 2.36. The Kier molecular flexibility index (Phi) is 5.20. The van der Waals surface area contributed by atoms with Gasteiger partial charge in [0, 0.05) is 4.47 Å². The third kappa shape index (κ3) is 4.25. The van der Waals surface area contributed by atoms with Crippen LogP contribution >= 0.6 is 15.9 Å². The smallest absolute Gasteiger partial charge is 0.0537 e. The molecule has 1 aromatic rings.